The minimum atomic E-state index is -0.00695. The Kier molecular flexibility index (Phi) is 8.52. The van der Waals surface area contributed by atoms with Crippen LogP contribution in [0.4, 0.5) is 0 Å². The maximum Gasteiger partial charge on any atom is 0.306 e. The van der Waals surface area contributed by atoms with Crippen molar-refractivity contribution in [2.24, 2.45) is 46.3 Å². The number of hydrogen-bond acceptors (Lipinski definition) is 4. The van der Waals surface area contributed by atoms with Crippen molar-refractivity contribution in [3.63, 3.8) is 0 Å². The molecule has 1 amide bonds. The highest BCUT2D eigenvalue weighted by Crippen LogP contribution is 2.69. The topological polar surface area (TPSA) is 64.6 Å². The normalized spacial score (nSPS) is 39.0. The van der Waals surface area contributed by atoms with Crippen LogP contribution in [0.5, 0.6) is 0 Å². The first-order valence-corrected chi connectivity index (χ1v) is 16.4. The largest absolute Gasteiger partial charge is 0.494 e. The van der Waals surface area contributed by atoms with Gasteiger partial charge < -0.3 is 14.8 Å². The van der Waals surface area contributed by atoms with Gasteiger partial charge in [0.1, 0.15) is 12.2 Å². The number of carbonyl (C=O) groups is 2. The summed E-state index contributed by atoms with van der Waals surface area (Å²) in [6.07, 6.45) is 14.5. The molecule has 0 radical (unpaired) electrons. The second kappa shape index (κ2) is 11.5. The Balaban J connectivity index is 1.23. The molecule has 1 N–H and O–H groups in total. The van der Waals surface area contributed by atoms with Crippen LogP contribution in [-0.2, 0) is 19.1 Å². The van der Waals surface area contributed by atoms with Crippen molar-refractivity contribution in [3.05, 3.63) is 23.0 Å². The van der Waals surface area contributed by atoms with Gasteiger partial charge in [-0.25, -0.2) is 0 Å². The lowest BCUT2D eigenvalue weighted by Gasteiger charge is -2.58. The molecule has 0 spiro atoms. The fourth-order valence-corrected chi connectivity index (χ4v) is 9.76. The minimum absolute atomic E-state index is 0.00695. The standard InChI is InChI=1S/C35H55NO4/c1-21(2)8-13-32(38)39-26-14-16-34(6)25(18-26)10-11-27-28(34)15-17-35(7)29(27)19-31-33(35)23(4)30(40-31)12-9-22(3)20-36-24(5)37/h10,21-22,26-29,31,33H,8-9,11-20H2,1-7H3,(H,36,37)/t22-,26+,27+,28-,29+,31+,33+,34+,35+/m1/s1. The summed E-state index contributed by atoms with van der Waals surface area (Å²) >= 11 is 0. The average molecular weight is 554 g/mol. The summed E-state index contributed by atoms with van der Waals surface area (Å²) in [6, 6.07) is 0. The van der Waals surface area contributed by atoms with Gasteiger partial charge in [-0.2, -0.15) is 0 Å². The molecule has 224 valence electrons. The monoisotopic (exact) mass is 553 g/mol. The second-order valence-corrected chi connectivity index (χ2v) is 15.1. The minimum Gasteiger partial charge on any atom is -0.494 e. The van der Waals surface area contributed by atoms with Crippen molar-refractivity contribution in [3.8, 4) is 0 Å². The lowest BCUT2D eigenvalue weighted by Crippen LogP contribution is -2.50. The Hall–Kier alpha value is -1.78. The highest BCUT2D eigenvalue weighted by Gasteiger charge is 2.63. The molecule has 5 rings (SSSR count). The van der Waals surface area contributed by atoms with Gasteiger partial charge in [-0.3, -0.25) is 9.59 Å². The van der Waals surface area contributed by atoms with Crippen molar-refractivity contribution in [2.75, 3.05) is 6.54 Å². The van der Waals surface area contributed by atoms with Gasteiger partial charge in [0.2, 0.25) is 5.91 Å². The van der Waals surface area contributed by atoms with Gasteiger partial charge >= 0.3 is 5.97 Å². The van der Waals surface area contributed by atoms with E-state index in [9.17, 15) is 9.59 Å². The molecule has 3 saturated carbocycles. The first kappa shape index (κ1) is 29.7. The Morgan fingerprint density at radius 2 is 1.90 bits per heavy atom. The van der Waals surface area contributed by atoms with Crippen LogP contribution in [-0.4, -0.2) is 30.6 Å². The highest BCUT2D eigenvalue weighted by molar-refractivity contribution is 5.72. The molecular formula is C35H55NO4. The van der Waals surface area contributed by atoms with Gasteiger partial charge in [0.25, 0.3) is 0 Å². The Bertz CT molecular complexity index is 1040. The Morgan fingerprint density at radius 3 is 2.62 bits per heavy atom. The SMILES string of the molecule is CC(=O)NC[C@H](C)CCC1=C(C)[C@H]2[C@H](C[C@H]3[C@H]4CC=C5C[C@@H](OC(=O)CCC(C)C)CC[C@]5(C)[C@@H]4CC[C@@]32C)O1. The molecule has 5 nitrogen and oxygen atoms in total. The van der Waals surface area contributed by atoms with Gasteiger partial charge in [0, 0.05) is 38.6 Å². The molecule has 0 unspecified atom stereocenters. The zero-order chi connectivity index (χ0) is 28.8. The van der Waals surface area contributed by atoms with E-state index in [0.29, 0.717) is 35.7 Å². The van der Waals surface area contributed by atoms with Crippen molar-refractivity contribution in [1.82, 2.24) is 5.32 Å². The van der Waals surface area contributed by atoms with E-state index in [1.165, 1.54) is 37.0 Å². The number of ether oxygens (including phenoxy) is 2. The van der Waals surface area contributed by atoms with Crippen LogP contribution >= 0.6 is 0 Å². The summed E-state index contributed by atoms with van der Waals surface area (Å²) in [6.45, 7) is 16.3. The molecule has 40 heavy (non-hydrogen) atoms. The molecule has 4 aliphatic carbocycles. The van der Waals surface area contributed by atoms with Crippen molar-refractivity contribution in [2.45, 2.75) is 131 Å². The fraction of sp³-hybridized carbons (Fsp3) is 0.829. The zero-order valence-electron chi connectivity index (χ0n) is 26.3. The van der Waals surface area contributed by atoms with Gasteiger partial charge in [-0.15, -0.1) is 0 Å². The maximum absolute atomic E-state index is 12.4. The summed E-state index contributed by atoms with van der Waals surface area (Å²) in [5.74, 6) is 5.02. The zero-order valence-corrected chi connectivity index (χ0v) is 26.3. The number of nitrogens with one attached hydrogen (secondary N) is 1. The molecule has 0 bridgehead atoms. The average Bonchev–Trinajstić information content (AvgIpc) is 3.38. The van der Waals surface area contributed by atoms with Crippen molar-refractivity contribution >= 4 is 11.9 Å². The molecule has 0 aromatic rings. The molecule has 0 aromatic heterocycles. The molecular weight excluding hydrogens is 498 g/mol. The maximum atomic E-state index is 12.4. The highest BCUT2D eigenvalue weighted by atomic mass is 16.5. The van der Waals surface area contributed by atoms with Crippen molar-refractivity contribution < 1.29 is 19.1 Å². The van der Waals surface area contributed by atoms with E-state index in [1.807, 2.05) is 0 Å². The number of allylic oxidation sites excluding steroid dienone is 2. The van der Waals surface area contributed by atoms with E-state index in [2.05, 4.69) is 52.9 Å². The van der Waals surface area contributed by atoms with Crippen LogP contribution in [0.25, 0.3) is 0 Å². The van der Waals surface area contributed by atoms with Crippen LogP contribution in [0.2, 0.25) is 0 Å². The fourth-order valence-electron chi connectivity index (χ4n) is 9.76. The van der Waals surface area contributed by atoms with Gasteiger partial charge in [0.05, 0.1) is 5.76 Å². The lowest BCUT2D eigenvalue weighted by atomic mass is 9.47. The van der Waals surface area contributed by atoms with E-state index in [-0.39, 0.29) is 23.4 Å². The molecule has 5 heteroatoms. The predicted molar refractivity (Wildman–Crippen MR) is 159 cm³/mol. The number of hydrogen-bond donors (Lipinski definition) is 1. The number of amides is 1. The van der Waals surface area contributed by atoms with Crippen LogP contribution in [0, 0.1) is 46.3 Å². The third-order valence-corrected chi connectivity index (χ3v) is 12.1. The van der Waals surface area contributed by atoms with E-state index in [1.54, 1.807) is 12.5 Å². The molecule has 0 saturated heterocycles. The molecule has 0 aromatic carbocycles. The van der Waals surface area contributed by atoms with E-state index < -0.39 is 0 Å². The summed E-state index contributed by atoms with van der Waals surface area (Å²) in [5.41, 5.74) is 3.67. The van der Waals surface area contributed by atoms with Crippen molar-refractivity contribution in [1.29, 1.82) is 0 Å². The van der Waals surface area contributed by atoms with E-state index in [4.69, 9.17) is 9.47 Å². The smallest absolute Gasteiger partial charge is 0.306 e. The number of carbonyl (C=O) groups excluding carboxylic acids is 2. The summed E-state index contributed by atoms with van der Waals surface area (Å²) in [5, 5.41) is 2.96. The third-order valence-electron chi connectivity index (χ3n) is 12.1. The quantitative estimate of drug-likeness (QED) is 0.234. The first-order valence-electron chi connectivity index (χ1n) is 16.4. The molecule has 3 fully saturated rings. The van der Waals surface area contributed by atoms with Crippen LogP contribution < -0.4 is 5.32 Å². The van der Waals surface area contributed by atoms with Gasteiger partial charge in [-0.05, 0) is 104 Å². The summed E-state index contributed by atoms with van der Waals surface area (Å²) in [4.78, 5) is 23.7. The molecule has 9 atom stereocenters. The van der Waals surface area contributed by atoms with Crippen LogP contribution in [0.1, 0.15) is 119 Å². The number of esters is 1. The van der Waals surface area contributed by atoms with Gasteiger partial charge in [0.15, 0.2) is 0 Å². The molecule has 1 aliphatic heterocycles. The molecule has 5 aliphatic rings. The van der Waals surface area contributed by atoms with E-state index in [0.717, 1.165) is 62.8 Å². The lowest BCUT2D eigenvalue weighted by molar-refractivity contribution is -0.151. The Labute approximate surface area is 243 Å². The first-order chi connectivity index (χ1) is 18.9. The predicted octanol–water partition coefficient (Wildman–Crippen LogP) is 7.75. The second-order valence-electron chi connectivity index (χ2n) is 15.1. The third kappa shape index (κ3) is 5.52. The molecule has 1 heterocycles. The van der Waals surface area contributed by atoms with Crippen LogP contribution in [0.15, 0.2) is 23.0 Å². The summed E-state index contributed by atoms with van der Waals surface area (Å²) < 4.78 is 12.7. The number of rotatable bonds is 9. The van der Waals surface area contributed by atoms with Crippen LogP contribution in [0.3, 0.4) is 0 Å². The Morgan fingerprint density at radius 1 is 1.12 bits per heavy atom. The summed E-state index contributed by atoms with van der Waals surface area (Å²) in [7, 11) is 0. The number of fused-ring (bicyclic) bond motifs is 7. The van der Waals surface area contributed by atoms with E-state index >= 15 is 0 Å². The van der Waals surface area contributed by atoms with Gasteiger partial charge in [-0.1, -0.05) is 46.3 Å².